The Balaban J connectivity index is 1.76. The number of nitrogens with zero attached hydrogens (tertiary/aromatic N) is 4. The lowest BCUT2D eigenvalue weighted by Crippen LogP contribution is -2.55. The monoisotopic (exact) mass is 462 g/mol. The van der Waals surface area contributed by atoms with Gasteiger partial charge in [0.15, 0.2) is 0 Å². The number of aromatic amines is 1. The quantitative estimate of drug-likeness (QED) is 0.593. The molecule has 2 bridgehead atoms. The zero-order chi connectivity index (χ0) is 22.9. The highest BCUT2D eigenvalue weighted by atomic mass is 32.2. The van der Waals surface area contributed by atoms with Crippen LogP contribution >= 0.6 is 0 Å². The Hall–Kier alpha value is -2.83. The first-order valence-electron chi connectivity index (χ1n) is 10.4. The zero-order valence-electron chi connectivity index (χ0n) is 17.7. The van der Waals surface area contributed by atoms with Gasteiger partial charge in [-0.15, -0.1) is 5.10 Å². The van der Waals surface area contributed by atoms with Crippen LogP contribution < -0.4 is 5.73 Å². The molecule has 3 heterocycles. The van der Waals surface area contributed by atoms with Crippen LogP contribution in [0.2, 0.25) is 0 Å². The molecule has 0 saturated carbocycles. The van der Waals surface area contributed by atoms with Crippen molar-refractivity contribution in [1.29, 1.82) is 0 Å². The molecule has 12 heteroatoms. The fourth-order valence-corrected chi connectivity index (χ4v) is 6.62. The summed E-state index contributed by atoms with van der Waals surface area (Å²) in [6, 6.07) is 4.38. The van der Waals surface area contributed by atoms with Crippen molar-refractivity contribution >= 4 is 21.8 Å². The number of nitrogens with two attached hydrogens (primary N) is 1. The third-order valence-corrected chi connectivity index (χ3v) is 8.04. The van der Waals surface area contributed by atoms with E-state index in [1.165, 1.54) is 28.6 Å². The molecule has 1 aromatic heterocycles. The van der Waals surface area contributed by atoms with Gasteiger partial charge in [0.05, 0.1) is 29.9 Å². The van der Waals surface area contributed by atoms with Crippen LogP contribution in [0.25, 0.3) is 0 Å². The van der Waals surface area contributed by atoms with Crippen LogP contribution in [0.1, 0.15) is 35.3 Å². The maximum absolute atomic E-state index is 13.8. The SMILES string of the molecule is COC[C@H]1CN(Cc2cnn[nH]2)C(=O)[C@@H]2CCC[C@H]1N2S(=O)(=O)c1cccc(C(N)=O)c1. The van der Waals surface area contributed by atoms with Crippen LogP contribution in [0.3, 0.4) is 0 Å². The second-order valence-electron chi connectivity index (χ2n) is 8.16. The third kappa shape index (κ3) is 4.12. The van der Waals surface area contributed by atoms with Crippen LogP contribution in [0.15, 0.2) is 35.4 Å². The summed E-state index contributed by atoms with van der Waals surface area (Å²) in [4.78, 5) is 26.8. The minimum Gasteiger partial charge on any atom is -0.384 e. The smallest absolute Gasteiger partial charge is 0.248 e. The lowest BCUT2D eigenvalue weighted by atomic mass is 9.91. The van der Waals surface area contributed by atoms with Crippen molar-refractivity contribution in [1.82, 2.24) is 24.6 Å². The first-order chi connectivity index (χ1) is 15.3. The van der Waals surface area contributed by atoms with Gasteiger partial charge in [-0.3, -0.25) is 14.7 Å². The fourth-order valence-electron chi connectivity index (χ4n) is 4.69. The van der Waals surface area contributed by atoms with Crippen molar-refractivity contribution in [3.05, 3.63) is 41.7 Å². The summed E-state index contributed by atoms with van der Waals surface area (Å²) in [6.07, 6.45) is 3.31. The van der Waals surface area contributed by atoms with Crippen LogP contribution in [-0.2, 0) is 26.1 Å². The number of methoxy groups -OCH3 is 1. The standard InChI is InChI=1S/C20H26N6O5S/c1-31-12-14-10-25(11-15-9-22-24-23-15)20(28)18-7-3-6-17(14)26(18)32(29,30)16-5-2-4-13(8-16)19(21)27/h2,4-5,8-9,14,17-18H,3,6-7,10-12H2,1H3,(H2,21,27)(H,22,23,24)/t14-,17-,18+/m1/s1. The number of piperidine rings is 1. The number of benzene rings is 1. The summed E-state index contributed by atoms with van der Waals surface area (Å²) >= 11 is 0. The topological polar surface area (TPSA) is 152 Å². The first-order valence-corrected chi connectivity index (χ1v) is 11.8. The van der Waals surface area contributed by atoms with Gasteiger partial charge in [0.25, 0.3) is 0 Å². The third-order valence-electron chi connectivity index (χ3n) is 6.11. The molecule has 172 valence electrons. The van der Waals surface area contributed by atoms with Gasteiger partial charge in [-0.25, -0.2) is 8.42 Å². The Morgan fingerprint density at radius 3 is 2.84 bits per heavy atom. The highest BCUT2D eigenvalue weighted by Crippen LogP contribution is 2.37. The van der Waals surface area contributed by atoms with Crippen molar-refractivity contribution < 1.29 is 22.7 Å². The molecule has 3 atom stereocenters. The highest BCUT2D eigenvalue weighted by Gasteiger charge is 2.50. The molecule has 2 amide bonds. The molecule has 0 spiro atoms. The Labute approximate surface area is 185 Å². The average Bonchev–Trinajstić information content (AvgIpc) is 3.28. The van der Waals surface area contributed by atoms with Gasteiger partial charge in [0, 0.05) is 31.2 Å². The number of sulfonamides is 1. The maximum atomic E-state index is 13.8. The number of carbonyl (C=O) groups excluding carboxylic acids is 2. The molecule has 2 fully saturated rings. The summed E-state index contributed by atoms with van der Waals surface area (Å²) < 4.78 is 34.3. The summed E-state index contributed by atoms with van der Waals surface area (Å²) in [5.74, 6) is -1.21. The Morgan fingerprint density at radius 1 is 1.34 bits per heavy atom. The number of aromatic nitrogens is 3. The van der Waals surface area contributed by atoms with E-state index in [9.17, 15) is 18.0 Å². The van der Waals surface area contributed by atoms with Gasteiger partial charge >= 0.3 is 0 Å². The van der Waals surface area contributed by atoms with Crippen LogP contribution in [0.5, 0.6) is 0 Å². The molecular formula is C20H26N6O5S. The van der Waals surface area contributed by atoms with E-state index in [4.69, 9.17) is 10.5 Å². The van der Waals surface area contributed by atoms with Gasteiger partial charge in [0.2, 0.25) is 21.8 Å². The van der Waals surface area contributed by atoms with E-state index in [1.54, 1.807) is 18.2 Å². The van der Waals surface area contributed by atoms with Crippen molar-refractivity contribution in [2.45, 2.75) is 42.8 Å². The molecule has 3 N–H and O–H groups in total. The molecular weight excluding hydrogens is 436 g/mol. The molecule has 1 aromatic carbocycles. The average molecular weight is 463 g/mol. The van der Waals surface area contributed by atoms with Gasteiger partial charge < -0.3 is 15.4 Å². The molecule has 11 nitrogen and oxygen atoms in total. The van der Waals surface area contributed by atoms with Crippen LogP contribution in [0, 0.1) is 5.92 Å². The zero-order valence-corrected chi connectivity index (χ0v) is 18.5. The van der Waals surface area contributed by atoms with Gasteiger partial charge in [-0.1, -0.05) is 11.3 Å². The number of nitrogens with one attached hydrogen (secondary N) is 1. The highest BCUT2D eigenvalue weighted by molar-refractivity contribution is 7.89. The minimum atomic E-state index is -4.08. The first kappa shape index (κ1) is 22.4. The summed E-state index contributed by atoms with van der Waals surface area (Å²) in [6.45, 7) is 0.899. The van der Waals surface area contributed by atoms with Crippen LogP contribution in [0.4, 0.5) is 0 Å². The molecule has 4 rings (SSSR count). The van der Waals surface area contributed by atoms with Crippen molar-refractivity contribution in [3.8, 4) is 0 Å². The predicted octanol–water partition coefficient (Wildman–Crippen LogP) is 0.120. The normalized spacial score (nSPS) is 24.3. The lowest BCUT2D eigenvalue weighted by molar-refractivity contribution is -0.135. The molecule has 2 saturated heterocycles. The van der Waals surface area contributed by atoms with Gasteiger partial charge in [-0.2, -0.15) is 4.31 Å². The summed E-state index contributed by atoms with van der Waals surface area (Å²) in [5, 5.41) is 10.2. The molecule has 2 aromatic rings. The minimum absolute atomic E-state index is 0.0547. The number of amides is 2. The van der Waals surface area contributed by atoms with Gasteiger partial charge in [0.1, 0.15) is 6.04 Å². The lowest BCUT2D eigenvalue weighted by Gasteiger charge is -2.40. The van der Waals surface area contributed by atoms with E-state index in [-0.39, 0.29) is 28.8 Å². The number of carbonyl (C=O) groups is 2. The number of hydrogen-bond acceptors (Lipinski definition) is 7. The molecule has 0 unspecified atom stereocenters. The summed E-state index contributed by atoms with van der Waals surface area (Å²) in [7, 11) is -2.52. The van der Waals surface area contributed by atoms with E-state index in [0.717, 1.165) is 6.42 Å². The number of primary amides is 1. The van der Waals surface area contributed by atoms with Gasteiger partial charge in [-0.05, 0) is 37.5 Å². The van der Waals surface area contributed by atoms with E-state index >= 15 is 0 Å². The van der Waals surface area contributed by atoms with Crippen LogP contribution in [-0.4, -0.2) is 77.2 Å². The number of hydrogen-bond donors (Lipinski definition) is 2. The molecule has 0 radical (unpaired) electrons. The van der Waals surface area contributed by atoms with E-state index in [1.807, 2.05) is 0 Å². The second-order valence-corrected chi connectivity index (χ2v) is 10.0. The predicted molar refractivity (Wildman–Crippen MR) is 113 cm³/mol. The largest absolute Gasteiger partial charge is 0.384 e. The Bertz CT molecular complexity index is 1090. The van der Waals surface area contributed by atoms with Crippen molar-refractivity contribution in [2.75, 3.05) is 20.3 Å². The molecule has 2 aliphatic rings. The number of rotatable bonds is 7. The maximum Gasteiger partial charge on any atom is 0.248 e. The number of fused-ring (bicyclic) bond motifs is 2. The van der Waals surface area contributed by atoms with Crippen molar-refractivity contribution in [2.24, 2.45) is 11.7 Å². The van der Waals surface area contributed by atoms with E-state index in [0.29, 0.717) is 31.7 Å². The molecule has 32 heavy (non-hydrogen) atoms. The van der Waals surface area contributed by atoms with E-state index < -0.39 is 28.0 Å². The number of ether oxygens (including phenoxy) is 1. The number of H-pyrrole nitrogens is 1. The molecule has 0 aliphatic carbocycles. The van der Waals surface area contributed by atoms with Crippen molar-refractivity contribution in [3.63, 3.8) is 0 Å². The summed E-state index contributed by atoms with van der Waals surface area (Å²) in [5.41, 5.74) is 6.11. The Kier molecular flexibility index (Phi) is 6.26. The van der Waals surface area contributed by atoms with E-state index in [2.05, 4.69) is 15.4 Å². The Morgan fingerprint density at radius 2 is 2.16 bits per heavy atom. The second kappa shape index (κ2) is 8.96. The molecule has 2 aliphatic heterocycles. The fraction of sp³-hybridized carbons (Fsp3) is 0.500.